The van der Waals surface area contributed by atoms with Crippen LogP contribution in [0.5, 0.6) is 0 Å². The minimum Gasteiger partial charge on any atom is -0.302 e. The molecule has 0 N–H and O–H groups in total. The first-order chi connectivity index (χ1) is 13.6. The summed E-state index contributed by atoms with van der Waals surface area (Å²) in [7, 11) is 0. The molecule has 0 saturated heterocycles. The van der Waals surface area contributed by atoms with Crippen LogP contribution in [0.4, 0.5) is 0 Å². The van der Waals surface area contributed by atoms with E-state index in [9.17, 15) is 0 Å². The number of hydrogen-bond acceptors (Lipinski definition) is 4. The summed E-state index contributed by atoms with van der Waals surface area (Å²) in [6.45, 7) is 4.71. The quantitative estimate of drug-likeness (QED) is 0.417. The van der Waals surface area contributed by atoms with Crippen LogP contribution in [0.25, 0.3) is 5.69 Å². The summed E-state index contributed by atoms with van der Waals surface area (Å²) in [5, 5.41) is 14.8. The van der Waals surface area contributed by atoms with Gasteiger partial charge in [-0.3, -0.25) is 0 Å². The number of hydrogen-bond donors (Lipinski definition) is 0. The Balaban J connectivity index is 1.55. The number of nitrogens with zero attached hydrogens (tertiary/aromatic N) is 5. The molecule has 0 amide bonds. The first-order valence-corrected chi connectivity index (χ1v) is 10.4. The molecule has 28 heavy (non-hydrogen) atoms. The van der Waals surface area contributed by atoms with Crippen molar-refractivity contribution in [2.75, 3.05) is 0 Å². The van der Waals surface area contributed by atoms with Gasteiger partial charge in [0.1, 0.15) is 11.0 Å². The van der Waals surface area contributed by atoms with Crippen LogP contribution in [0.1, 0.15) is 22.6 Å². The van der Waals surface area contributed by atoms with Crippen molar-refractivity contribution in [1.82, 2.24) is 24.5 Å². The predicted octanol–water partition coefficient (Wildman–Crippen LogP) is 5.07. The fourth-order valence-electron chi connectivity index (χ4n) is 2.99. The number of aryl methyl sites for hydroxylation is 2. The standard InChI is InChI=1S/C21H20ClN5S/c1-15-19(20(22)27(25-15)18-11-7-4-8-12-18)14-28-21-24-23-16(2)26(21)13-17-9-5-3-6-10-17/h3-12H,13-14H2,1-2H3. The van der Waals surface area contributed by atoms with E-state index in [-0.39, 0.29) is 0 Å². The summed E-state index contributed by atoms with van der Waals surface area (Å²) in [5.41, 5.74) is 4.11. The summed E-state index contributed by atoms with van der Waals surface area (Å²) in [6.07, 6.45) is 0. The minimum atomic E-state index is 0.641. The second kappa shape index (κ2) is 8.20. The molecule has 0 fully saturated rings. The van der Waals surface area contributed by atoms with E-state index >= 15 is 0 Å². The van der Waals surface area contributed by atoms with Gasteiger partial charge in [0, 0.05) is 11.3 Å². The summed E-state index contributed by atoms with van der Waals surface area (Å²) >= 11 is 8.28. The summed E-state index contributed by atoms with van der Waals surface area (Å²) in [5.74, 6) is 1.58. The molecular weight excluding hydrogens is 390 g/mol. The van der Waals surface area contributed by atoms with Crippen molar-refractivity contribution >= 4 is 23.4 Å². The van der Waals surface area contributed by atoms with Crippen LogP contribution >= 0.6 is 23.4 Å². The highest BCUT2D eigenvalue weighted by Crippen LogP contribution is 2.30. The van der Waals surface area contributed by atoms with Gasteiger partial charge in [-0.1, -0.05) is 71.9 Å². The van der Waals surface area contributed by atoms with Gasteiger partial charge in [-0.05, 0) is 31.5 Å². The van der Waals surface area contributed by atoms with Gasteiger partial charge >= 0.3 is 0 Å². The fourth-order valence-corrected chi connectivity index (χ4v) is 4.48. The number of thioether (sulfide) groups is 1. The van der Waals surface area contributed by atoms with E-state index in [0.717, 1.165) is 34.5 Å². The molecule has 0 bridgehead atoms. The third-order valence-corrected chi connectivity index (χ3v) is 5.93. The lowest BCUT2D eigenvalue weighted by Gasteiger charge is -2.08. The largest absolute Gasteiger partial charge is 0.302 e. The van der Waals surface area contributed by atoms with Crippen LogP contribution in [-0.2, 0) is 12.3 Å². The van der Waals surface area contributed by atoms with E-state index in [2.05, 4.69) is 32.0 Å². The van der Waals surface area contributed by atoms with Gasteiger partial charge in [-0.2, -0.15) is 5.10 Å². The lowest BCUT2D eigenvalue weighted by molar-refractivity contribution is 0.688. The zero-order chi connectivity index (χ0) is 19.5. The van der Waals surface area contributed by atoms with Crippen molar-refractivity contribution in [3.63, 3.8) is 0 Å². The highest BCUT2D eigenvalue weighted by molar-refractivity contribution is 7.98. The number of para-hydroxylation sites is 1. The average Bonchev–Trinajstić information content (AvgIpc) is 3.21. The average molecular weight is 410 g/mol. The maximum absolute atomic E-state index is 6.65. The van der Waals surface area contributed by atoms with Crippen molar-refractivity contribution in [3.8, 4) is 5.69 Å². The molecule has 7 heteroatoms. The molecule has 0 aliphatic heterocycles. The van der Waals surface area contributed by atoms with Crippen molar-refractivity contribution < 1.29 is 0 Å². The van der Waals surface area contributed by atoms with Crippen molar-refractivity contribution in [1.29, 1.82) is 0 Å². The fraction of sp³-hybridized carbons (Fsp3) is 0.190. The minimum absolute atomic E-state index is 0.641. The molecule has 0 unspecified atom stereocenters. The first-order valence-electron chi connectivity index (χ1n) is 8.99. The summed E-state index contributed by atoms with van der Waals surface area (Å²) in [6, 6.07) is 20.3. The number of halogens is 1. The van der Waals surface area contributed by atoms with Crippen LogP contribution in [0, 0.1) is 13.8 Å². The third kappa shape index (κ3) is 3.84. The van der Waals surface area contributed by atoms with Crippen LogP contribution in [0.2, 0.25) is 5.15 Å². The van der Waals surface area contributed by atoms with Crippen LogP contribution < -0.4 is 0 Å². The molecule has 0 radical (unpaired) electrons. The van der Waals surface area contributed by atoms with Gasteiger partial charge in [0.2, 0.25) is 0 Å². The molecule has 4 rings (SSSR count). The Hall–Kier alpha value is -2.57. The van der Waals surface area contributed by atoms with Gasteiger partial charge in [0.05, 0.1) is 17.9 Å². The van der Waals surface area contributed by atoms with E-state index < -0.39 is 0 Å². The van der Waals surface area contributed by atoms with Gasteiger partial charge in [0.15, 0.2) is 5.16 Å². The Labute approximate surface area is 173 Å². The lowest BCUT2D eigenvalue weighted by Crippen LogP contribution is -2.04. The summed E-state index contributed by atoms with van der Waals surface area (Å²) < 4.78 is 3.91. The zero-order valence-electron chi connectivity index (χ0n) is 15.7. The third-order valence-electron chi connectivity index (χ3n) is 4.55. The van der Waals surface area contributed by atoms with Gasteiger partial charge < -0.3 is 4.57 Å². The lowest BCUT2D eigenvalue weighted by atomic mass is 10.2. The SMILES string of the molecule is Cc1nn(-c2ccccc2)c(Cl)c1CSc1nnc(C)n1Cc1ccccc1. The van der Waals surface area contributed by atoms with E-state index in [1.807, 2.05) is 62.4 Å². The van der Waals surface area contributed by atoms with Crippen LogP contribution in [0.3, 0.4) is 0 Å². The molecular formula is C21H20ClN5S. The van der Waals surface area contributed by atoms with Crippen molar-refractivity contribution in [2.45, 2.75) is 31.3 Å². The van der Waals surface area contributed by atoms with Crippen molar-refractivity contribution in [2.24, 2.45) is 0 Å². The Morgan fingerprint density at radius 1 is 0.929 bits per heavy atom. The topological polar surface area (TPSA) is 48.5 Å². The van der Waals surface area contributed by atoms with Gasteiger partial charge in [-0.15, -0.1) is 10.2 Å². The summed E-state index contributed by atoms with van der Waals surface area (Å²) in [4.78, 5) is 0. The van der Waals surface area contributed by atoms with E-state index in [1.54, 1.807) is 16.4 Å². The molecule has 2 heterocycles. The van der Waals surface area contributed by atoms with Crippen LogP contribution in [0.15, 0.2) is 65.8 Å². The Morgan fingerprint density at radius 2 is 1.61 bits per heavy atom. The predicted molar refractivity (Wildman–Crippen MR) is 113 cm³/mol. The monoisotopic (exact) mass is 409 g/mol. The number of aromatic nitrogens is 5. The highest BCUT2D eigenvalue weighted by atomic mass is 35.5. The molecule has 0 atom stereocenters. The first kappa shape index (κ1) is 18.8. The molecule has 142 valence electrons. The molecule has 0 aliphatic carbocycles. The van der Waals surface area contributed by atoms with E-state index in [1.165, 1.54) is 5.56 Å². The van der Waals surface area contributed by atoms with Crippen LogP contribution in [-0.4, -0.2) is 24.5 Å². The second-order valence-electron chi connectivity index (χ2n) is 6.49. The van der Waals surface area contributed by atoms with E-state index in [4.69, 9.17) is 11.6 Å². The molecule has 4 aromatic rings. The maximum Gasteiger partial charge on any atom is 0.191 e. The molecule has 0 spiro atoms. The number of rotatable bonds is 6. The zero-order valence-corrected chi connectivity index (χ0v) is 17.3. The smallest absolute Gasteiger partial charge is 0.191 e. The second-order valence-corrected chi connectivity index (χ2v) is 7.79. The van der Waals surface area contributed by atoms with Gasteiger partial charge in [0.25, 0.3) is 0 Å². The molecule has 0 saturated carbocycles. The molecule has 2 aromatic carbocycles. The van der Waals surface area contributed by atoms with E-state index in [0.29, 0.717) is 10.9 Å². The Kier molecular flexibility index (Phi) is 5.50. The molecule has 5 nitrogen and oxygen atoms in total. The van der Waals surface area contributed by atoms with Crippen molar-refractivity contribution in [3.05, 3.63) is 88.5 Å². The number of benzene rings is 2. The normalized spacial score (nSPS) is 11.1. The Morgan fingerprint density at radius 3 is 2.32 bits per heavy atom. The molecule has 2 aromatic heterocycles. The Bertz CT molecular complexity index is 1070. The maximum atomic E-state index is 6.65. The highest BCUT2D eigenvalue weighted by Gasteiger charge is 2.17. The van der Waals surface area contributed by atoms with Gasteiger partial charge in [-0.25, -0.2) is 4.68 Å². The molecule has 0 aliphatic rings.